The van der Waals surface area contributed by atoms with E-state index in [1.54, 1.807) is 0 Å². The number of hydrogen-bond donors (Lipinski definition) is 0. The SMILES string of the molecule is CCCCCOCc1ccc(-c2ccc(-c3ccc(COCCCCC)cc3)c3nsnc23)cc1. The highest BCUT2D eigenvalue weighted by Gasteiger charge is 2.13. The molecule has 35 heavy (non-hydrogen) atoms. The van der Waals surface area contributed by atoms with E-state index in [1.807, 2.05) is 0 Å². The predicted molar refractivity (Wildman–Crippen MR) is 147 cm³/mol. The Bertz CT molecular complexity index is 1080. The van der Waals surface area contributed by atoms with Crippen molar-refractivity contribution in [1.82, 2.24) is 8.75 Å². The van der Waals surface area contributed by atoms with Crippen LogP contribution in [0.4, 0.5) is 0 Å². The van der Waals surface area contributed by atoms with Gasteiger partial charge in [0.05, 0.1) is 24.9 Å². The molecule has 0 spiro atoms. The zero-order chi connectivity index (χ0) is 24.3. The van der Waals surface area contributed by atoms with Gasteiger partial charge in [0.25, 0.3) is 0 Å². The molecule has 0 radical (unpaired) electrons. The summed E-state index contributed by atoms with van der Waals surface area (Å²) in [4.78, 5) is 0. The third-order valence-electron chi connectivity index (χ3n) is 6.27. The molecule has 4 aromatic rings. The predicted octanol–water partition coefficient (Wildman–Crippen LogP) is 8.44. The topological polar surface area (TPSA) is 44.2 Å². The zero-order valence-electron chi connectivity index (χ0n) is 21.0. The molecule has 4 rings (SSSR count). The molecule has 3 aromatic carbocycles. The second-order valence-electron chi connectivity index (χ2n) is 9.04. The van der Waals surface area contributed by atoms with E-state index < -0.39 is 0 Å². The van der Waals surface area contributed by atoms with Crippen LogP contribution in [0, 0.1) is 0 Å². The quantitative estimate of drug-likeness (QED) is 0.167. The van der Waals surface area contributed by atoms with Gasteiger partial charge in [0.1, 0.15) is 11.0 Å². The van der Waals surface area contributed by atoms with Crippen molar-refractivity contribution in [3.63, 3.8) is 0 Å². The highest BCUT2D eigenvalue weighted by atomic mass is 32.1. The van der Waals surface area contributed by atoms with Crippen molar-refractivity contribution in [3.8, 4) is 22.3 Å². The first-order valence-corrected chi connectivity index (χ1v) is 13.6. The summed E-state index contributed by atoms with van der Waals surface area (Å²) >= 11 is 1.27. The van der Waals surface area contributed by atoms with Gasteiger partial charge in [-0.3, -0.25) is 0 Å². The van der Waals surface area contributed by atoms with E-state index in [4.69, 9.17) is 9.47 Å². The molecule has 0 aliphatic rings. The number of aromatic nitrogens is 2. The van der Waals surface area contributed by atoms with Crippen LogP contribution in [0.3, 0.4) is 0 Å². The van der Waals surface area contributed by atoms with Crippen molar-refractivity contribution in [3.05, 3.63) is 71.8 Å². The minimum Gasteiger partial charge on any atom is -0.377 e. The molecule has 0 saturated carbocycles. The summed E-state index contributed by atoms with van der Waals surface area (Å²) in [6, 6.07) is 21.6. The Morgan fingerprint density at radius 2 is 1.00 bits per heavy atom. The van der Waals surface area contributed by atoms with Gasteiger partial charge in [0, 0.05) is 24.3 Å². The summed E-state index contributed by atoms with van der Waals surface area (Å²) in [7, 11) is 0. The Kier molecular flexibility index (Phi) is 9.82. The molecular weight excluding hydrogens is 452 g/mol. The monoisotopic (exact) mass is 488 g/mol. The van der Waals surface area contributed by atoms with E-state index in [0.29, 0.717) is 13.2 Å². The van der Waals surface area contributed by atoms with Crippen LogP contribution < -0.4 is 0 Å². The molecule has 0 N–H and O–H groups in total. The molecule has 0 fully saturated rings. The van der Waals surface area contributed by atoms with Crippen LogP contribution in [0.5, 0.6) is 0 Å². The van der Waals surface area contributed by atoms with Gasteiger partial charge in [-0.1, -0.05) is 100 Å². The zero-order valence-corrected chi connectivity index (χ0v) is 21.8. The van der Waals surface area contributed by atoms with Crippen LogP contribution in [-0.4, -0.2) is 22.0 Å². The molecule has 4 nitrogen and oxygen atoms in total. The maximum absolute atomic E-state index is 5.81. The normalized spacial score (nSPS) is 11.4. The molecule has 0 saturated heterocycles. The molecule has 1 aromatic heterocycles. The molecule has 0 atom stereocenters. The fraction of sp³-hybridized carbons (Fsp3) is 0.400. The first kappa shape index (κ1) is 25.5. The van der Waals surface area contributed by atoms with Gasteiger partial charge in [-0.05, 0) is 35.1 Å². The molecule has 1 heterocycles. The maximum Gasteiger partial charge on any atom is 0.113 e. The fourth-order valence-corrected chi connectivity index (χ4v) is 4.76. The molecular formula is C30H36N2O2S. The van der Waals surface area contributed by atoms with Gasteiger partial charge >= 0.3 is 0 Å². The van der Waals surface area contributed by atoms with Gasteiger partial charge in [-0.15, -0.1) is 0 Å². The Labute approximate surface area is 213 Å². The maximum atomic E-state index is 5.81. The van der Waals surface area contributed by atoms with Crippen molar-refractivity contribution in [2.24, 2.45) is 0 Å². The second-order valence-corrected chi connectivity index (χ2v) is 9.56. The molecule has 5 heteroatoms. The minimum absolute atomic E-state index is 0.663. The molecule has 184 valence electrons. The number of rotatable bonds is 14. The summed E-state index contributed by atoms with van der Waals surface area (Å²) < 4.78 is 20.9. The van der Waals surface area contributed by atoms with Crippen LogP contribution in [0.1, 0.15) is 63.5 Å². The number of benzene rings is 3. The lowest BCUT2D eigenvalue weighted by Gasteiger charge is -2.09. The summed E-state index contributed by atoms with van der Waals surface area (Å²) in [5.41, 5.74) is 8.85. The number of nitrogens with zero attached hydrogens (tertiary/aromatic N) is 2. The number of unbranched alkanes of at least 4 members (excludes halogenated alkanes) is 4. The average molecular weight is 489 g/mol. The van der Waals surface area contributed by atoms with Crippen LogP contribution >= 0.6 is 11.7 Å². The van der Waals surface area contributed by atoms with Crippen molar-refractivity contribution >= 4 is 22.8 Å². The van der Waals surface area contributed by atoms with E-state index in [0.717, 1.165) is 59.3 Å². The summed E-state index contributed by atoms with van der Waals surface area (Å²) in [6.07, 6.45) is 7.15. The number of fused-ring (bicyclic) bond motifs is 1. The van der Waals surface area contributed by atoms with Crippen LogP contribution in [0.25, 0.3) is 33.3 Å². The molecule has 0 amide bonds. The summed E-state index contributed by atoms with van der Waals surface area (Å²) in [5, 5.41) is 0. The Hall–Kier alpha value is -2.60. The lowest BCUT2D eigenvalue weighted by atomic mass is 9.97. The Morgan fingerprint density at radius 3 is 1.40 bits per heavy atom. The Balaban J connectivity index is 1.44. The van der Waals surface area contributed by atoms with E-state index in [-0.39, 0.29) is 0 Å². The average Bonchev–Trinajstić information content (AvgIpc) is 3.39. The first-order chi connectivity index (χ1) is 17.3. The third-order valence-corrected chi connectivity index (χ3v) is 6.80. The number of ether oxygens (including phenoxy) is 2. The van der Waals surface area contributed by atoms with Crippen LogP contribution in [0.15, 0.2) is 60.7 Å². The van der Waals surface area contributed by atoms with E-state index in [9.17, 15) is 0 Å². The summed E-state index contributed by atoms with van der Waals surface area (Å²) in [6.45, 7) is 7.40. The summed E-state index contributed by atoms with van der Waals surface area (Å²) in [5.74, 6) is 0. The van der Waals surface area contributed by atoms with Gasteiger partial charge < -0.3 is 9.47 Å². The molecule has 0 aliphatic carbocycles. The van der Waals surface area contributed by atoms with E-state index in [1.165, 1.54) is 48.5 Å². The standard InChI is InChI=1S/C30H36N2O2S/c1-3-5-7-19-33-21-23-9-13-25(14-10-23)27-17-18-28(30-29(27)31-35-32-30)26-15-11-24(12-16-26)22-34-20-8-6-4-2/h9-18H,3-8,19-22H2,1-2H3. The second kappa shape index (κ2) is 13.5. The minimum atomic E-state index is 0.663. The van der Waals surface area contributed by atoms with Crippen LogP contribution in [0.2, 0.25) is 0 Å². The van der Waals surface area contributed by atoms with Crippen molar-refractivity contribution < 1.29 is 9.47 Å². The largest absolute Gasteiger partial charge is 0.377 e. The molecule has 0 aliphatic heterocycles. The smallest absolute Gasteiger partial charge is 0.113 e. The van der Waals surface area contributed by atoms with Crippen molar-refractivity contribution in [2.75, 3.05) is 13.2 Å². The lowest BCUT2D eigenvalue weighted by molar-refractivity contribution is 0.117. The molecule has 0 unspecified atom stereocenters. The van der Waals surface area contributed by atoms with Gasteiger partial charge in [-0.2, -0.15) is 8.75 Å². The van der Waals surface area contributed by atoms with Crippen LogP contribution in [-0.2, 0) is 22.7 Å². The van der Waals surface area contributed by atoms with Gasteiger partial charge in [0.15, 0.2) is 0 Å². The van der Waals surface area contributed by atoms with Crippen molar-refractivity contribution in [1.29, 1.82) is 0 Å². The third kappa shape index (κ3) is 6.97. The van der Waals surface area contributed by atoms with Gasteiger partial charge in [-0.25, -0.2) is 0 Å². The number of hydrogen-bond acceptors (Lipinski definition) is 5. The van der Waals surface area contributed by atoms with E-state index in [2.05, 4.69) is 83.3 Å². The van der Waals surface area contributed by atoms with E-state index >= 15 is 0 Å². The fourth-order valence-electron chi connectivity index (χ4n) is 4.18. The first-order valence-electron chi connectivity index (χ1n) is 12.9. The molecule has 0 bridgehead atoms. The van der Waals surface area contributed by atoms with Gasteiger partial charge in [0.2, 0.25) is 0 Å². The highest BCUT2D eigenvalue weighted by Crippen LogP contribution is 2.34. The Morgan fingerprint density at radius 1 is 0.571 bits per heavy atom. The van der Waals surface area contributed by atoms with Crippen molar-refractivity contribution in [2.45, 2.75) is 65.6 Å². The highest BCUT2D eigenvalue weighted by molar-refractivity contribution is 7.00. The lowest BCUT2D eigenvalue weighted by Crippen LogP contribution is -1.95.